The average Bonchev–Trinajstić information content (AvgIpc) is 3.43. The summed E-state index contributed by atoms with van der Waals surface area (Å²) in [5.41, 5.74) is -0.0370. The highest BCUT2D eigenvalue weighted by Gasteiger charge is 2.50. The van der Waals surface area contributed by atoms with Gasteiger partial charge in [-0.2, -0.15) is 0 Å². The minimum Gasteiger partial charge on any atom is -0.371 e. The van der Waals surface area contributed by atoms with Crippen molar-refractivity contribution in [1.29, 1.82) is 0 Å². The van der Waals surface area contributed by atoms with E-state index in [0.717, 1.165) is 58.0 Å². The zero-order valence-corrected chi connectivity index (χ0v) is 16.6. The molecule has 26 heavy (non-hydrogen) atoms. The summed E-state index contributed by atoms with van der Waals surface area (Å²) >= 11 is 0. The minimum absolute atomic E-state index is 0.0152. The van der Waals surface area contributed by atoms with E-state index < -0.39 is 0 Å². The molecule has 2 fully saturated rings. The Morgan fingerprint density at radius 2 is 2.04 bits per heavy atom. The predicted octanol–water partition coefficient (Wildman–Crippen LogP) is 3.29. The van der Waals surface area contributed by atoms with Crippen molar-refractivity contribution in [1.82, 2.24) is 10.2 Å². The molecule has 1 heterocycles. The maximum atomic E-state index is 12.4. The third-order valence-electron chi connectivity index (χ3n) is 6.05. The van der Waals surface area contributed by atoms with Crippen LogP contribution in [0.25, 0.3) is 0 Å². The standard InChI is InChI=1S/C21H36N2O3/c1-4-6-15-26-16-19(24)22-21(11-12-21)18-9-13-23(14-10-18)20(25)8-7-17(3)5-2/h4,17-18H,1,5-16H2,2-3H3,(H,22,24). The van der Waals surface area contributed by atoms with Gasteiger partial charge in [-0.3, -0.25) is 9.59 Å². The molecule has 5 heteroatoms. The van der Waals surface area contributed by atoms with Gasteiger partial charge in [0.15, 0.2) is 0 Å². The van der Waals surface area contributed by atoms with E-state index in [-0.39, 0.29) is 18.1 Å². The van der Waals surface area contributed by atoms with Gasteiger partial charge in [0.1, 0.15) is 6.61 Å². The highest BCUT2D eigenvalue weighted by Crippen LogP contribution is 2.46. The van der Waals surface area contributed by atoms with Crippen molar-refractivity contribution in [3.8, 4) is 0 Å². The predicted molar refractivity (Wildman–Crippen MR) is 104 cm³/mol. The summed E-state index contributed by atoms with van der Waals surface area (Å²) in [7, 11) is 0. The van der Waals surface area contributed by atoms with Crippen LogP contribution in [0, 0.1) is 11.8 Å². The van der Waals surface area contributed by atoms with Crippen molar-refractivity contribution < 1.29 is 14.3 Å². The number of ether oxygens (including phenoxy) is 1. The Morgan fingerprint density at radius 1 is 1.35 bits per heavy atom. The van der Waals surface area contributed by atoms with Gasteiger partial charge in [0.05, 0.1) is 6.61 Å². The summed E-state index contributed by atoms with van der Waals surface area (Å²) in [5.74, 6) is 1.39. The van der Waals surface area contributed by atoms with Gasteiger partial charge in [0.2, 0.25) is 11.8 Å². The summed E-state index contributed by atoms with van der Waals surface area (Å²) in [6, 6.07) is 0. The largest absolute Gasteiger partial charge is 0.371 e. The topological polar surface area (TPSA) is 58.6 Å². The number of amides is 2. The monoisotopic (exact) mass is 364 g/mol. The Labute approximate surface area is 158 Å². The zero-order chi connectivity index (χ0) is 19.0. The van der Waals surface area contributed by atoms with Crippen molar-refractivity contribution in [3.05, 3.63) is 12.7 Å². The lowest BCUT2D eigenvalue weighted by atomic mass is 9.87. The minimum atomic E-state index is -0.0370. The number of likely N-dealkylation sites (tertiary alicyclic amines) is 1. The molecule has 1 atom stereocenters. The molecule has 2 rings (SSSR count). The van der Waals surface area contributed by atoms with Gasteiger partial charge in [-0.25, -0.2) is 0 Å². The number of piperidine rings is 1. The fourth-order valence-electron chi connectivity index (χ4n) is 3.83. The van der Waals surface area contributed by atoms with E-state index in [1.165, 1.54) is 0 Å². The number of nitrogens with one attached hydrogen (secondary N) is 1. The lowest BCUT2D eigenvalue weighted by Gasteiger charge is -2.37. The highest BCUT2D eigenvalue weighted by molar-refractivity contribution is 5.78. The lowest BCUT2D eigenvalue weighted by molar-refractivity contribution is -0.134. The van der Waals surface area contributed by atoms with E-state index in [9.17, 15) is 9.59 Å². The van der Waals surface area contributed by atoms with Crippen LogP contribution in [0.15, 0.2) is 12.7 Å². The van der Waals surface area contributed by atoms with Crippen LogP contribution in [0.1, 0.15) is 65.2 Å². The van der Waals surface area contributed by atoms with Gasteiger partial charge >= 0.3 is 0 Å². The van der Waals surface area contributed by atoms with Crippen LogP contribution < -0.4 is 5.32 Å². The van der Waals surface area contributed by atoms with Crippen LogP contribution in [0.5, 0.6) is 0 Å². The Bertz CT molecular complexity index is 480. The van der Waals surface area contributed by atoms with Gasteiger partial charge in [0.25, 0.3) is 0 Å². The first kappa shape index (κ1) is 20.9. The number of carbonyl (C=O) groups is 2. The van der Waals surface area contributed by atoms with E-state index in [4.69, 9.17) is 4.74 Å². The van der Waals surface area contributed by atoms with Crippen molar-refractivity contribution in [2.75, 3.05) is 26.3 Å². The van der Waals surface area contributed by atoms with Crippen LogP contribution in [0.4, 0.5) is 0 Å². The summed E-state index contributed by atoms with van der Waals surface area (Å²) in [6.07, 6.45) is 9.44. The van der Waals surface area contributed by atoms with Crippen molar-refractivity contribution >= 4 is 11.8 Å². The first-order chi connectivity index (χ1) is 12.5. The molecule has 5 nitrogen and oxygen atoms in total. The zero-order valence-electron chi connectivity index (χ0n) is 16.6. The summed E-state index contributed by atoms with van der Waals surface area (Å²) < 4.78 is 5.36. The van der Waals surface area contributed by atoms with Crippen LogP contribution in [0.3, 0.4) is 0 Å². The second kappa shape index (κ2) is 10.1. The molecule has 0 aromatic carbocycles. The van der Waals surface area contributed by atoms with Crippen molar-refractivity contribution in [3.63, 3.8) is 0 Å². The van der Waals surface area contributed by atoms with E-state index in [2.05, 4.69) is 25.7 Å². The highest BCUT2D eigenvalue weighted by atomic mass is 16.5. The second-order valence-corrected chi connectivity index (χ2v) is 8.04. The van der Waals surface area contributed by atoms with Crippen LogP contribution in [-0.2, 0) is 14.3 Å². The van der Waals surface area contributed by atoms with Crippen molar-refractivity contribution in [2.45, 2.75) is 70.8 Å². The molecule has 1 N–H and O–H groups in total. The summed E-state index contributed by atoms with van der Waals surface area (Å²) in [6.45, 7) is 10.4. The quantitative estimate of drug-likeness (QED) is 0.452. The fourth-order valence-corrected chi connectivity index (χ4v) is 3.83. The molecule has 0 aromatic heterocycles. The van der Waals surface area contributed by atoms with E-state index in [0.29, 0.717) is 30.8 Å². The molecule has 0 bridgehead atoms. The first-order valence-electron chi connectivity index (χ1n) is 10.3. The Kier molecular flexibility index (Phi) is 8.14. The maximum absolute atomic E-state index is 12.4. The molecule has 2 aliphatic rings. The van der Waals surface area contributed by atoms with Crippen LogP contribution >= 0.6 is 0 Å². The van der Waals surface area contributed by atoms with Crippen LogP contribution in [0.2, 0.25) is 0 Å². The Hall–Kier alpha value is -1.36. The summed E-state index contributed by atoms with van der Waals surface area (Å²) in [4.78, 5) is 26.5. The Morgan fingerprint density at radius 3 is 2.62 bits per heavy atom. The van der Waals surface area contributed by atoms with Gasteiger partial charge in [-0.05, 0) is 50.4 Å². The van der Waals surface area contributed by atoms with Gasteiger partial charge < -0.3 is 15.0 Å². The molecule has 1 aliphatic carbocycles. The SMILES string of the molecule is C=CCCOCC(=O)NC1(C2CCN(C(=O)CCC(C)CC)CC2)CC1. The van der Waals surface area contributed by atoms with Gasteiger partial charge in [-0.1, -0.05) is 26.3 Å². The third-order valence-corrected chi connectivity index (χ3v) is 6.05. The number of carbonyl (C=O) groups excluding carboxylic acids is 2. The number of hydrogen-bond acceptors (Lipinski definition) is 3. The molecule has 0 spiro atoms. The van der Waals surface area contributed by atoms with Crippen LogP contribution in [-0.4, -0.2) is 48.6 Å². The van der Waals surface area contributed by atoms with E-state index in [1.54, 1.807) is 6.08 Å². The first-order valence-corrected chi connectivity index (χ1v) is 10.3. The molecular formula is C21H36N2O3. The van der Waals surface area contributed by atoms with Gasteiger partial charge in [-0.15, -0.1) is 6.58 Å². The molecular weight excluding hydrogens is 328 g/mol. The molecule has 2 amide bonds. The molecule has 1 aliphatic heterocycles. The van der Waals surface area contributed by atoms with Gasteiger partial charge in [0, 0.05) is 25.0 Å². The number of rotatable bonds is 11. The smallest absolute Gasteiger partial charge is 0.246 e. The van der Waals surface area contributed by atoms with E-state index in [1.807, 2.05) is 4.90 Å². The number of hydrogen-bond donors (Lipinski definition) is 1. The molecule has 0 aromatic rings. The molecule has 1 saturated carbocycles. The van der Waals surface area contributed by atoms with Crippen molar-refractivity contribution in [2.24, 2.45) is 11.8 Å². The Balaban J connectivity index is 1.70. The fraction of sp³-hybridized carbons (Fsp3) is 0.810. The normalized spacial score (nSPS) is 20.5. The average molecular weight is 365 g/mol. The van der Waals surface area contributed by atoms with E-state index >= 15 is 0 Å². The second-order valence-electron chi connectivity index (χ2n) is 8.04. The maximum Gasteiger partial charge on any atom is 0.246 e. The lowest BCUT2D eigenvalue weighted by Crippen LogP contribution is -2.49. The molecule has 148 valence electrons. The molecule has 1 unspecified atom stereocenters. The molecule has 1 saturated heterocycles. The third kappa shape index (κ3) is 6.11. The summed E-state index contributed by atoms with van der Waals surface area (Å²) in [5, 5.41) is 3.21. The number of nitrogens with zero attached hydrogens (tertiary/aromatic N) is 1. The molecule has 0 radical (unpaired) electrons.